The summed E-state index contributed by atoms with van der Waals surface area (Å²) in [6.07, 6.45) is 7.92. The third-order valence-corrected chi connectivity index (χ3v) is 7.80. The van der Waals surface area contributed by atoms with Gasteiger partial charge >= 0.3 is 0 Å². The summed E-state index contributed by atoms with van der Waals surface area (Å²) in [5.74, 6) is 0.908. The lowest BCUT2D eigenvalue weighted by Crippen LogP contribution is -2.32. The maximum absolute atomic E-state index is 13.0. The van der Waals surface area contributed by atoms with Crippen LogP contribution in [0.3, 0.4) is 0 Å². The molecule has 1 aromatic carbocycles. The van der Waals surface area contributed by atoms with Crippen LogP contribution in [0.1, 0.15) is 61.8 Å². The van der Waals surface area contributed by atoms with Crippen LogP contribution in [0.15, 0.2) is 41.4 Å². The van der Waals surface area contributed by atoms with Gasteiger partial charge in [0.05, 0.1) is 17.1 Å². The summed E-state index contributed by atoms with van der Waals surface area (Å²) in [5.41, 5.74) is 0.327. The molecule has 156 valence electrons. The van der Waals surface area contributed by atoms with Crippen molar-refractivity contribution in [2.24, 2.45) is 5.92 Å². The summed E-state index contributed by atoms with van der Waals surface area (Å²) in [6.45, 7) is 3.18. The summed E-state index contributed by atoms with van der Waals surface area (Å²) in [7, 11) is -3.59. The predicted molar refractivity (Wildman–Crippen MR) is 111 cm³/mol. The van der Waals surface area contributed by atoms with Gasteiger partial charge < -0.3 is 5.32 Å². The van der Waals surface area contributed by atoms with Gasteiger partial charge in [-0.05, 0) is 56.7 Å². The van der Waals surface area contributed by atoms with Crippen molar-refractivity contribution in [1.82, 2.24) is 14.1 Å². The number of sulfonamides is 1. The van der Waals surface area contributed by atoms with E-state index in [-0.39, 0.29) is 16.8 Å². The number of carbonyl (C=O) groups is 1. The fourth-order valence-electron chi connectivity index (χ4n) is 3.93. The monoisotopic (exact) mass is 416 g/mol. The minimum atomic E-state index is -3.59. The first kappa shape index (κ1) is 20.1. The average Bonchev–Trinajstić information content (AvgIpc) is 3.52. The topological polar surface area (TPSA) is 84.3 Å². The Balaban J connectivity index is 1.53. The largest absolute Gasteiger partial charge is 0.307 e. The highest BCUT2D eigenvalue weighted by Crippen LogP contribution is 2.40. The van der Waals surface area contributed by atoms with Crippen LogP contribution in [0.5, 0.6) is 0 Å². The number of rotatable bonds is 6. The number of hydrogen-bond donors (Lipinski definition) is 1. The van der Waals surface area contributed by atoms with Crippen LogP contribution >= 0.6 is 0 Å². The van der Waals surface area contributed by atoms with Gasteiger partial charge in [-0.1, -0.05) is 18.9 Å². The van der Waals surface area contributed by atoms with Crippen molar-refractivity contribution in [3.05, 3.63) is 42.1 Å². The van der Waals surface area contributed by atoms with E-state index in [0.717, 1.165) is 25.7 Å². The Labute approximate surface area is 172 Å². The van der Waals surface area contributed by atoms with Crippen LogP contribution < -0.4 is 5.32 Å². The molecule has 29 heavy (non-hydrogen) atoms. The van der Waals surface area contributed by atoms with Gasteiger partial charge in [0.25, 0.3) is 5.91 Å². The Morgan fingerprint density at radius 3 is 2.55 bits per heavy atom. The van der Waals surface area contributed by atoms with E-state index in [1.165, 1.54) is 18.9 Å². The molecule has 8 heteroatoms. The molecule has 1 saturated carbocycles. The summed E-state index contributed by atoms with van der Waals surface area (Å²) >= 11 is 0. The molecule has 1 atom stereocenters. The van der Waals surface area contributed by atoms with Crippen LogP contribution in [-0.2, 0) is 10.0 Å². The van der Waals surface area contributed by atoms with Gasteiger partial charge in [0.1, 0.15) is 5.82 Å². The first-order valence-corrected chi connectivity index (χ1v) is 11.9. The molecule has 1 unspecified atom stereocenters. The molecule has 2 aliphatic rings. The minimum Gasteiger partial charge on any atom is -0.307 e. The molecular formula is C21H28N4O3S. The fraction of sp³-hybridized carbons (Fsp3) is 0.524. The zero-order chi connectivity index (χ0) is 20.4. The Kier molecular flexibility index (Phi) is 5.74. The van der Waals surface area contributed by atoms with E-state index in [0.29, 0.717) is 30.4 Å². The number of carbonyl (C=O) groups excluding carboxylic acids is 1. The van der Waals surface area contributed by atoms with Crippen LogP contribution in [0.25, 0.3) is 0 Å². The maximum Gasteiger partial charge on any atom is 0.256 e. The van der Waals surface area contributed by atoms with Gasteiger partial charge in [-0.25, -0.2) is 13.1 Å². The third-order valence-electron chi connectivity index (χ3n) is 5.90. The maximum atomic E-state index is 13.0. The number of nitrogens with one attached hydrogen (secondary N) is 1. The Morgan fingerprint density at radius 2 is 1.86 bits per heavy atom. The lowest BCUT2D eigenvalue weighted by molar-refractivity contribution is 0.102. The molecule has 1 aliphatic carbocycles. The molecule has 1 aromatic heterocycles. The lowest BCUT2D eigenvalue weighted by atomic mass is 10.2. The summed E-state index contributed by atoms with van der Waals surface area (Å²) < 4.78 is 29.5. The first-order valence-electron chi connectivity index (χ1n) is 10.4. The van der Waals surface area contributed by atoms with Gasteiger partial charge in [-0.15, -0.1) is 0 Å². The minimum absolute atomic E-state index is 0.173. The Bertz CT molecular complexity index is 973. The van der Waals surface area contributed by atoms with Crippen molar-refractivity contribution in [2.75, 3.05) is 18.4 Å². The number of amides is 1. The van der Waals surface area contributed by atoms with Gasteiger partial charge in [-0.3, -0.25) is 4.79 Å². The van der Waals surface area contributed by atoms with Crippen LogP contribution in [0.2, 0.25) is 0 Å². The molecule has 0 radical (unpaired) electrons. The molecule has 1 N–H and O–H groups in total. The van der Waals surface area contributed by atoms with E-state index in [9.17, 15) is 13.2 Å². The van der Waals surface area contributed by atoms with E-state index >= 15 is 0 Å². The fourth-order valence-corrected chi connectivity index (χ4v) is 5.50. The van der Waals surface area contributed by atoms with Crippen molar-refractivity contribution >= 4 is 21.7 Å². The number of aromatic nitrogens is 2. The zero-order valence-electron chi connectivity index (χ0n) is 16.8. The predicted octanol–water partition coefficient (Wildman–Crippen LogP) is 3.67. The van der Waals surface area contributed by atoms with E-state index < -0.39 is 10.0 Å². The van der Waals surface area contributed by atoms with Gasteiger partial charge in [0, 0.05) is 24.7 Å². The second-order valence-corrected chi connectivity index (χ2v) is 9.98. The number of nitrogens with zero attached hydrogens (tertiary/aromatic N) is 3. The molecule has 1 saturated heterocycles. The van der Waals surface area contributed by atoms with Gasteiger partial charge in [-0.2, -0.15) is 9.40 Å². The van der Waals surface area contributed by atoms with Crippen molar-refractivity contribution in [1.29, 1.82) is 0 Å². The van der Waals surface area contributed by atoms with Crippen molar-refractivity contribution in [3.63, 3.8) is 0 Å². The lowest BCUT2D eigenvalue weighted by Gasteiger charge is -2.20. The molecule has 7 nitrogen and oxygen atoms in total. The van der Waals surface area contributed by atoms with E-state index in [1.54, 1.807) is 34.8 Å². The molecule has 4 rings (SSSR count). The standard InChI is InChI=1S/C21H28N4O3S/c1-16(17-9-10-17)25-20(11-12-22-25)23-21(26)18-7-6-8-19(15-18)29(27,28)24-13-4-2-3-5-14-24/h6-8,11-12,15-17H,2-5,9-10,13-14H2,1H3,(H,23,26). The third kappa shape index (κ3) is 4.38. The molecule has 2 heterocycles. The summed E-state index contributed by atoms with van der Waals surface area (Å²) in [5, 5.41) is 7.24. The van der Waals surface area contributed by atoms with Crippen LogP contribution in [0.4, 0.5) is 5.82 Å². The summed E-state index contributed by atoms with van der Waals surface area (Å²) in [6, 6.07) is 8.31. The van der Waals surface area contributed by atoms with E-state index in [4.69, 9.17) is 0 Å². The Morgan fingerprint density at radius 1 is 1.14 bits per heavy atom. The average molecular weight is 417 g/mol. The molecule has 0 bridgehead atoms. The molecule has 2 aromatic rings. The SMILES string of the molecule is CC(C1CC1)n1nccc1NC(=O)c1cccc(S(=O)(=O)N2CCCCCC2)c1. The van der Waals surface area contributed by atoms with Crippen molar-refractivity contribution in [2.45, 2.75) is 56.4 Å². The number of hydrogen-bond acceptors (Lipinski definition) is 4. The Hall–Kier alpha value is -2.19. The van der Waals surface area contributed by atoms with Crippen molar-refractivity contribution in [3.8, 4) is 0 Å². The van der Waals surface area contributed by atoms with Crippen LogP contribution in [0, 0.1) is 5.92 Å². The number of benzene rings is 1. The van der Waals surface area contributed by atoms with Gasteiger partial charge in [0.15, 0.2) is 0 Å². The smallest absolute Gasteiger partial charge is 0.256 e. The zero-order valence-corrected chi connectivity index (χ0v) is 17.6. The second kappa shape index (κ2) is 8.28. The molecular weight excluding hydrogens is 388 g/mol. The molecule has 1 aliphatic heterocycles. The molecule has 0 spiro atoms. The molecule has 2 fully saturated rings. The second-order valence-electron chi connectivity index (χ2n) is 8.04. The highest BCUT2D eigenvalue weighted by atomic mass is 32.2. The quantitative estimate of drug-likeness (QED) is 0.779. The van der Waals surface area contributed by atoms with E-state index in [2.05, 4.69) is 17.3 Å². The van der Waals surface area contributed by atoms with E-state index in [1.807, 2.05) is 4.68 Å². The normalized spacial score (nSPS) is 19.5. The summed E-state index contributed by atoms with van der Waals surface area (Å²) in [4.78, 5) is 13.0. The van der Waals surface area contributed by atoms with Gasteiger partial charge in [0.2, 0.25) is 10.0 Å². The highest BCUT2D eigenvalue weighted by molar-refractivity contribution is 7.89. The molecule has 1 amide bonds. The van der Waals surface area contributed by atoms with Crippen molar-refractivity contribution < 1.29 is 13.2 Å². The number of anilines is 1. The first-order chi connectivity index (χ1) is 14.0. The van der Waals surface area contributed by atoms with Crippen LogP contribution in [-0.4, -0.2) is 41.5 Å². The highest BCUT2D eigenvalue weighted by Gasteiger charge is 2.31.